The number of benzene rings is 3. The van der Waals surface area contributed by atoms with Gasteiger partial charge >= 0.3 is 6.01 Å². The van der Waals surface area contributed by atoms with Gasteiger partial charge < -0.3 is 24.0 Å². The lowest BCUT2D eigenvalue weighted by Crippen LogP contribution is -2.42. The molecule has 0 unspecified atom stereocenters. The van der Waals surface area contributed by atoms with Crippen molar-refractivity contribution in [3.8, 4) is 28.3 Å². The molecule has 3 aliphatic heterocycles. The number of aromatic nitrogens is 2. The third-order valence-electron chi connectivity index (χ3n) is 9.29. The quantitative estimate of drug-likeness (QED) is 0.314. The Bertz CT molecular complexity index is 1650. The number of hydrogen-bond acceptors (Lipinski definition) is 7. The summed E-state index contributed by atoms with van der Waals surface area (Å²) in [7, 11) is 5.93. The zero-order valence-corrected chi connectivity index (χ0v) is 24.8. The van der Waals surface area contributed by atoms with E-state index in [0.29, 0.717) is 17.4 Å². The van der Waals surface area contributed by atoms with Crippen LogP contribution in [0.3, 0.4) is 0 Å². The molecule has 8 heteroatoms. The topological polar surface area (TPSA) is 74.9 Å². The third-order valence-corrected chi connectivity index (χ3v) is 9.29. The van der Waals surface area contributed by atoms with Crippen LogP contribution in [-0.4, -0.2) is 68.3 Å². The van der Waals surface area contributed by atoms with Gasteiger partial charge in [0.25, 0.3) is 5.91 Å². The molecule has 1 saturated heterocycles. The van der Waals surface area contributed by atoms with Gasteiger partial charge in [-0.3, -0.25) is 4.79 Å². The summed E-state index contributed by atoms with van der Waals surface area (Å²) in [6.45, 7) is 5.71. The molecule has 0 radical (unpaired) electrons. The van der Waals surface area contributed by atoms with Crippen LogP contribution in [0.2, 0.25) is 0 Å². The molecule has 0 atom stereocenters. The van der Waals surface area contributed by atoms with Crippen LogP contribution in [0.15, 0.2) is 59.1 Å². The molecule has 216 valence electrons. The number of fused-ring (bicyclic) bond motifs is 3. The van der Waals surface area contributed by atoms with Crippen molar-refractivity contribution < 1.29 is 14.1 Å². The molecular formula is C34H37N5O3. The van der Waals surface area contributed by atoms with E-state index in [1.165, 1.54) is 11.1 Å². The second kappa shape index (κ2) is 10.3. The Balaban J connectivity index is 1.13. The van der Waals surface area contributed by atoms with Crippen molar-refractivity contribution in [2.45, 2.75) is 38.0 Å². The van der Waals surface area contributed by atoms with E-state index < -0.39 is 0 Å². The lowest BCUT2D eigenvalue weighted by Gasteiger charge is -2.37. The predicted octanol–water partition coefficient (Wildman–Crippen LogP) is 5.73. The van der Waals surface area contributed by atoms with E-state index in [9.17, 15) is 4.79 Å². The molecule has 4 heterocycles. The number of rotatable bonds is 4. The molecule has 0 N–H and O–H groups in total. The number of carbonyl (C=O) groups is 1. The standard InChI is InChI=1S/C34H37N5O3/c1-22-18-26(31-35-33(37(2)3)42-36-31)11-12-27(22)23-7-9-24(10-8-23)32(40)39-15-5-6-25-19-30-28(20-29(25)39)34(21-41-30)13-16-38(4)17-14-34/h7-12,18-20H,5-6,13-17,21H2,1-4H3. The third kappa shape index (κ3) is 4.54. The Labute approximate surface area is 246 Å². The Morgan fingerprint density at radius 2 is 1.74 bits per heavy atom. The van der Waals surface area contributed by atoms with Gasteiger partial charge in [-0.1, -0.05) is 29.4 Å². The summed E-state index contributed by atoms with van der Waals surface area (Å²) in [5, 5.41) is 4.11. The van der Waals surface area contributed by atoms with Crippen LogP contribution in [0.25, 0.3) is 22.5 Å². The summed E-state index contributed by atoms with van der Waals surface area (Å²) in [5.41, 5.74) is 8.52. The summed E-state index contributed by atoms with van der Waals surface area (Å²) in [4.78, 5) is 24.5. The number of ether oxygens (including phenoxy) is 1. The molecule has 4 aromatic rings. The fourth-order valence-electron chi connectivity index (χ4n) is 6.70. The van der Waals surface area contributed by atoms with Crippen molar-refractivity contribution >= 4 is 17.6 Å². The molecule has 0 aliphatic carbocycles. The minimum atomic E-state index is 0.0552. The fourth-order valence-corrected chi connectivity index (χ4v) is 6.70. The summed E-state index contributed by atoms with van der Waals surface area (Å²) in [5.74, 6) is 1.64. The number of aryl methyl sites for hydroxylation is 2. The van der Waals surface area contributed by atoms with Gasteiger partial charge in [-0.25, -0.2) is 0 Å². The molecule has 42 heavy (non-hydrogen) atoms. The average molecular weight is 564 g/mol. The van der Waals surface area contributed by atoms with Crippen LogP contribution in [-0.2, 0) is 11.8 Å². The molecule has 1 fully saturated rings. The summed E-state index contributed by atoms with van der Waals surface area (Å²) < 4.78 is 11.6. The molecule has 8 nitrogen and oxygen atoms in total. The Morgan fingerprint density at radius 1 is 0.976 bits per heavy atom. The summed E-state index contributed by atoms with van der Waals surface area (Å²) >= 11 is 0. The van der Waals surface area contributed by atoms with E-state index in [1.54, 1.807) is 4.90 Å². The number of nitrogens with zero attached hydrogens (tertiary/aromatic N) is 5. The maximum atomic E-state index is 13.9. The van der Waals surface area contributed by atoms with Gasteiger partial charge in [0.15, 0.2) is 0 Å². The normalized spacial score (nSPS) is 17.6. The van der Waals surface area contributed by atoms with Gasteiger partial charge in [0.05, 0.1) is 6.61 Å². The van der Waals surface area contributed by atoms with Gasteiger partial charge in [-0.05, 0) is 105 Å². The Hall–Kier alpha value is -4.17. The lowest BCUT2D eigenvalue weighted by atomic mass is 9.74. The monoisotopic (exact) mass is 563 g/mol. The molecule has 1 aromatic heterocycles. The van der Waals surface area contributed by atoms with E-state index in [1.807, 2.05) is 49.3 Å². The van der Waals surface area contributed by atoms with E-state index in [4.69, 9.17) is 9.26 Å². The summed E-state index contributed by atoms with van der Waals surface area (Å²) in [6.07, 6.45) is 4.11. The first-order valence-corrected chi connectivity index (χ1v) is 14.8. The van der Waals surface area contributed by atoms with Crippen LogP contribution in [0.5, 0.6) is 5.75 Å². The fraction of sp³-hybridized carbons (Fsp3) is 0.382. The maximum absolute atomic E-state index is 13.9. The number of anilines is 2. The number of amides is 1. The second-order valence-electron chi connectivity index (χ2n) is 12.3. The van der Waals surface area contributed by atoms with E-state index in [0.717, 1.165) is 85.6 Å². The summed E-state index contributed by atoms with van der Waals surface area (Å²) in [6, 6.07) is 19.1. The number of likely N-dealkylation sites (tertiary alicyclic amines) is 1. The molecule has 1 amide bonds. The number of carbonyl (C=O) groups excluding carboxylic acids is 1. The predicted molar refractivity (Wildman–Crippen MR) is 165 cm³/mol. The van der Waals surface area contributed by atoms with Gasteiger partial charge in [-0.15, -0.1) is 0 Å². The SMILES string of the molecule is Cc1cc(-c2noc(N(C)C)n2)ccc1-c1ccc(C(=O)N2CCCc3cc4c(cc32)C2(CCN(C)CC2)CO4)cc1. The van der Waals surface area contributed by atoms with Crippen molar-refractivity contribution in [1.82, 2.24) is 15.0 Å². The highest BCUT2D eigenvalue weighted by molar-refractivity contribution is 6.07. The second-order valence-corrected chi connectivity index (χ2v) is 12.3. The number of piperidine rings is 1. The first-order chi connectivity index (χ1) is 20.3. The van der Waals surface area contributed by atoms with Gasteiger partial charge in [0, 0.05) is 48.4 Å². The van der Waals surface area contributed by atoms with E-state index in [2.05, 4.69) is 53.3 Å². The zero-order valence-electron chi connectivity index (χ0n) is 24.8. The smallest absolute Gasteiger partial charge is 0.323 e. The zero-order chi connectivity index (χ0) is 29.0. The minimum absolute atomic E-state index is 0.0552. The average Bonchev–Trinajstić information content (AvgIpc) is 3.63. The molecule has 0 saturated carbocycles. The van der Waals surface area contributed by atoms with Crippen LogP contribution in [0.4, 0.5) is 11.7 Å². The highest BCUT2D eigenvalue weighted by atomic mass is 16.5. The minimum Gasteiger partial charge on any atom is -0.492 e. The maximum Gasteiger partial charge on any atom is 0.323 e. The first kappa shape index (κ1) is 26.7. The Kier molecular flexibility index (Phi) is 6.54. The highest BCUT2D eigenvalue weighted by Gasteiger charge is 2.43. The molecule has 0 bridgehead atoms. The molecule has 7 rings (SSSR count). The van der Waals surface area contributed by atoms with Gasteiger partial charge in [0.1, 0.15) is 5.75 Å². The van der Waals surface area contributed by atoms with Crippen molar-refractivity contribution in [2.24, 2.45) is 0 Å². The van der Waals surface area contributed by atoms with Crippen molar-refractivity contribution in [3.63, 3.8) is 0 Å². The lowest BCUT2D eigenvalue weighted by molar-refractivity contribution is 0.0985. The van der Waals surface area contributed by atoms with Gasteiger partial charge in [0.2, 0.25) is 5.82 Å². The van der Waals surface area contributed by atoms with Crippen LogP contribution in [0.1, 0.15) is 46.3 Å². The van der Waals surface area contributed by atoms with E-state index in [-0.39, 0.29) is 11.3 Å². The molecular weight excluding hydrogens is 526 g/mol. The Morgan fingerprint density at radius 3 is 2.45 bits per heavy atom. The first-order valence-electron chi connectivity index (χ1n) is 14.8. The van der Waals surface area contributed by atoms with Crippen LogP contribution in [0, 0.1) is 6.92 Å². The van der Waals surface area contributed by atoms with Crippen LogP contribution >= 0.6 is 0 Å². The largest absolute Gasteiger partial charge is 0.492 e. The van der Waals surface area contributed by atoms with E-state index >= 15 is 0 Å². The molecule has 1 spiro atoms. The van der Waals surface area contributed by atoms with Crippen molar-refractivity contribution in [2.75, 3.05) is 57.2 Å². The highest BCUT2D eigenvalue weighted by Crippen LogP contribution is 2.48. The van der Waals surface area contributed by atoms with Gasteiger partial charge in [-0.2, -0.15) is 4.98 Å². The number of hydrogen-bond donors (Lipinski definition) is 0. The molecule has 3 aromatic carbocycles. The molecule has 3 aliphatic rings. The van der Waals surface area contributed by atoms with Crippen LogP contribution < -0.4 is 14.5 Å². The van der Waals surface area contributed by atoms with Crippen molar-refractivity contribution in [3.05, 3.63) is 76.9 Å². The van der Waals surface area contributed by atoms with Crippen molar-refractivity contribution in [1.29, 1.82) is 0 Å².